The number of nitrogens with zero attached hydrogens (tertiary/aromatic N) is 1. The van der Waals surface area contributed by atoms with E-state index in [1.807, 2.05) is 36.4 Å². The molecule has 166 valence electrons. The Kier molecular flexibility index (Phi) is 7.63. The van der Waals surface area contributed by atoms with Gasteiger partial charge in [-0.05, 0) is 41.9 Å². The Labute approximate surface area is 197 Å². The van der Waals surface area contributed by atoms with Crippen molar-refractivity contribution < 1.29 is 9.59 Å². The van der Waals surface area contributed by atoms with Gasteiger partial charge in [-0.2, -0.15) is 0 Å². The van der Waals surface area contributed by atoms with Gasteiger partial charge in [0.05, 0.1) is 5.56 Å². The predicted molar refractivity (Wildman–Crippen MR) is 132 cm³/mol. The van der Waals surface area contributed by atoms with E-state index in [9.17, 15) is 9.59 Å². The summed E-state index contributed by atoms with van der Waals surface area (Å²) in [6.07, 6.45) is 1.95. The number of thioether (sulfide) groups is 1. The monoisotopic (exact) mass is 465 g/mol. The Bertz CT molecular complexity index is 1070. The fourth-order valence-electron chi connectivity index (χ4n) is 3.91. The van der Waals surface area contributed by atoms with Crippen LogP contribution in [0.2, 0.25) is 0 Å². The van der Waals surface area contributed by atoms with Crippen LogP contribution in [0.15, 0.2) is 65.6 Å². The van der Waals surface area contributed by atoms with Gasteiger partial charge in [0.25, 0.3) is 5.91 Å². The minimum atomic E-state index is -0.464. The first-order chi connectivity index (χ1) is 15.6. The summed E-state index contributed by atoms with van der Waals surface area (Å²) >= 11 is 3.23. The molecule has 0 fully saturated rings. The number of carbonyl (C=O) groups is 2. The maximum Gasteiger partial charge on any atom is 0.251 e. The van der Waals surface area contributed by atoms with Crippen molar-refractivity contribution >= 4 is 39.9 Å². The fraction of sp³-hybridized carbons (Fsp3) is 0.280. The summed E-state index contributed by atoms with van der Waals surface area (Å²) in [5.74, 6) is 0.338. The largest absolute Gasteiger partial charge is 0.365 e. The van der Waals surface area contributed by atoms with Gasteiger partial charge in [0.15, 0.2) is 0 Å². The smallest absolute Gasteiger partial charge is 0.251 e. The molecule has 2 aromatic carbocycles. The highest BCUT2D eigenvalue weighted by Gasteiger charge is 2.27. The standard InChI is InChI=1S/C25H27N3O2S2/c26-24(30)23-20-13-14-28(16-18-8-3-1-4-9-18)17-21(20)32-25(23)27-22(29)12-7-15-31-19-10-5-2-6-11-19/h1-6,8-11H,7,12-17H2,(H2,26,30)(H,27,29). The van der Waals surface area contributed by atoms with Gasteiger partial charge in [0.1, 0.15) is 5.00 Å². The highest BCUT2D eigenvalue weighted by molar-refractivity contribution is 7.99. The van der Waals surface area contributed by atoms with Crippen molar-refractivity contribution in [2.75, 3.05) is 17.6 Å². The minimum Gasteiger partial charge on any atom is -0.365 e. The highest BCUT2D eigenvalue weighted by atomic mass is 32.2. The van der Waals surface area contributed by atoms with Crippen LogP contribution in [0.25, 0.3) is 0 Å². The number of fused-ring (bicyclic) bond motifs is 1. The van der Waals surface area contributed by atoms with E-state index in [1.165, 1.54) is 21.8 Å². The summed E-state index contributed by atoms with van der Waals surface area (Å²) in [5, 5.41) is 3.56. The van der Waals surface area contributed by atoms with Crippen molar-refractivity contribution in [1.29, 1.82) is 0 Å². The van der Waals surface area contributed by atoms with Crippen LogP contribution in [0, 0.1) is 0 Å². The topological polar surface area (TPSA) is 75.4 Å². The SMILES string of the molecule is NC(=O)c1c(NC(=O)CCCSc2ccccc2)sc2c1CCN(Cc1ccccc1)C2. The Hall–Kier alpha value is -2.61. The molecule has 5 nitrogen and oxygen atoms in total. The molecular weight excluding hydrogens is 438 g/mol. The molecule has 0 aliphatic carbocycles. The number of benzene rings is 2. The molecular formula is C25H27N3O2S2. The molecule has 2 heterocycles. The van der Waals surface area contributed by atoms with Gasteiger partial charge in [-0.3, -0.25) is 14.5 Å². The molecule has 0 radical (unpaired) electrons. The van der Waals surface area contributed by atoms with Crippen LogP contribution < -0.4 is 11.1 Å². The van der Waals surface area contributed by atoms with Crippen LogP contribution in [-0.4, -0.2) is 29.0 Å². The van der Waals surface area contributed by atoms with E-state index in [0.29, 0.717) is 17.0 Å². The number of nitrogens with one attached hydrogen (secondary N) is 1. The molecule has 1 aliphatic rings. The second-order valence-corrected chi connectivity index (χ2v) is 10.1. The van der Waals surface area contributed by atoms with Gasteiger partial charge >= 0.3 is 0 Å². The molecule has 3 N–H and O–H groups in total. The van der Waals surface area contributed by atoms with E-state index in [2.05, 4.69) is 34.5 Å². The van der Waals surface area contributed by atoms with Crippen molar-refractivity contribution in [3.63, 3.8) is 0 Å². The molecule has 0 unspecified atom stereocenters. The highest BCUT2D eigenvalue weighted by Crippen LogP contribution is 2.37. The first-order valence-electron chi connectivity index (χ1n) is 10.8. The normalized spacial score (nSPS) is 13.5. The van der Waals surface area contributed by atoms with Gasteiger partial charge in [0.2, 0.25) is 5.91 Å². The first kappa shape index (κ1) is 22.6. The van der Waals surface area contributed by atoms with E-state index in [0.717, 1.165) is 48.7 Å². The molecule has 3 aromatic rings. The minimum absolute atomic E-state index is 0.0686. The summed E-state index contributed by atoms with van der Waals surface area (Å²) in [6, 6.07) is 20.5. The maximum absolute atomic E-state index is 12.5. The first-order valence-corrected chi connectivity index (χ1v) is 12.6. The second-order valence-electron chi connectivity index (χ2n) is 7.83. The summed E-state index contributed by atoms with van der Waals surface area (Å²) in [4.78, 5) is 29.4. The molecule has 4 rings (SSSR count). The molecule has 32 heavy (non-hydrogen) atoms. The number of hydrogen-bond acceptors (Lipinski definition) is 5. The fourth-order valence-corrected chi connectivity index (χ4v) is 6.10. The quantitative estimate of drug-likeness (QED) is 0.348. The lowest BCUT2D eigenvalue weighted by Gasteiger charge is -2.27. The number of hydrogen-bond donors (Lipinski definition) is 2. The zero-order valence-corrected chi connectivity index (χ0v) is 19.5. The second kappa shape index (κ2) is 10.8. The van der Waals surface area contributed by atoms with Crippen LogP contribution in [0.3, 0.4) is 0 Å². The zero-order chi connectivity index (χ0) is 22.3. The van der Waals surface area contributed by atoms with Crippen LogP contribution in [-0.2, 0) is 24.3 Å². The Balaban J connectivity index is 1.35. The van der Waals surface area contributed by atoms with E-state index in [4.69, 9.17) is 5.73 Å². The van der Waals surface area contributed by atoms with Gasteiger partial charge in [-0.1, -0.05) is 48.5 Å². The molecule has 7 heteroatoms. The Morgan fingerprint density at radius 3 is 2.50 bits per heavy atom. The molecule has 0 atom stereocenters. The Morgan fingerprint density at radius 2 is 1.78 bits per heavy atom. The van der Waals surface area contributed by atoms with Crippen molar-refractivity contribution in [3.8, 4) is 0 Å². The molecule has 0 saturated heterocycles. The van der Waals surface area contributed by atoms with E-state index < -0.39 is 5.91 Å². The third-order valence-electron chi connectivity index (χ3n) is 5.44. The number of nitrogens with two attached hydrogens (primary N) is 1. The summed E-state index contributed by atoms with van der Waals surface area (Å²) < 4.78 is 0. The van der Waals surface area contributed by atoms with E-state index >= 15 is 0 Å². The number of primary amides is 1. The van der Waals surface area contributed by atoms with Crippen LogP contribution in [0.1, 0.15) is 39.2 Å². The van der Waals surface area contributed by atoms with Crippen molar-refractivity contribution in [2.45, 2.75) is 37.2 Å². The van der Waals surface area contributed by atoms with Gasteiger partial charge < -0.3 is 11.1 Å². The third-order valence-corrected chi connectivity index (χ3v) is 7.67. The van der Waals surface area contributed by atoms with Crippen LogP contribution in [0.5, 0.6) is 0 Å². The molecule has 0 spiro atoms. The predicted octanol–water partition coefficient (Wildman–Crippen LogP) is 4.92. The van der Waals surface area contributed by atoms with Crippen LogP contribution in [0.4, 0.5) is 5.00 Å². The lowest BCUT2D eigenvalue weighted by molar-refractivity contribution is -0.116. The molecule has 2 amide bonds. The molecule has 0 saturated carbocycles. The average Bonchev–Trinajstić information content (AvgIpc) is 3.15. The molecule has 1 aliphatic heterocycles. The number of amides is 2. The van der Waals surface area contributed by atoms with Crippen molar-refractivity contribution in [1.82, 2.24) is 4.90 Å². The van der Waals surface area contributed by atoms with Gasteiger partial charge in [-0.15, -0.1) is 23.1 Å². The summed E-state index contributed by atoms with van der Waals surface area (Å²) in [5.41, 5.74) is 8.47. The lowest BCUT2D eigenvalue weighted by Crippen LogP contribution is -2.30. The van der Waals surface area contributed by atoms with Crippen molar-refractivity contribution in [3.05, 3.63) is 82.2 Å². The maximum atomic E-state index is 12.5. The summed E-state index contributed by atoms with van der Waals surface area (Å²) in [7, 11) is 0. The Morgan fingerprint density at radius 1 is 1.06 bits per heavy atom. The zero-order valence-electron chi connectivity index (χ0n) is 17.9. The van der Waals surface area contributed by atoms with Crippen LogP contribution >= 0.6 is 23.1 Å². The van der Waals surface area contributed by atoms with Crippen molar-refractivity contribution in [2.24, 2.45) is 5.73 Å². The number of rotatable bonds is 9. The molecule has 0 bridgehead atoms. The lowest BCUT2D eigenvalue weighted by atomic mass is 10.0. The van der Waals surface area contributed by atoms with Gasteiger partial charge in [-0.25, -0.2) is 0 Å². The third kappa shape index (κ3) is 5.79. The number of carbonyl (C=O) groups excluding carboxylic acids is 2. The van der Waals surface area contributed by atoms with Gasteiger partial charge in [0, 0.05) is 35.8 Å². The van der Waals surface area contributed by atoms with E-state index in [-0.39, 0.29) is 5.91 Å². The average molecular weight is 466 g/mol. The number of thiophene rings is 1. The summed E-state index contributed by atoms with van der Waals surface area (Å²) in [6.45, 7) is 2.49. The number of anilines is 1. The van der Waals surface area contributed by atoms with E-state index in [1.54, 1.807) is 11.8 Å². The molecule has 1 aromatic heterocycles.